The maximum absolute atomic E-state index is 12.6. The molecule has 1 unspecified atom stereocenters. The first-order valence-electron chi connectivity index (χ1n) is 6.35. The van der Waals surface area contributed by atoms with Crippen molar-refractivity contribution in [2.45, 2.75) is 39.1 Å². The lowest BCUT2D eigenvalue weighted by Crippen LogP contribution is -2.34. The van der Waals surface area contributed by atoms with E-state index in [2.05, 4.69) is 0 Å². The van der Waals surface area contributed by atoms with Crippen molar-refractivity contribution in [1.29, 1.82) is 0 Å². The number of likely N-dealkylation sites (N-methyl/N-ethyl adjacent to an activating group) is 1. The minimum Gasteiger partial charge on any atom is -0.387 e. The third-order valence-corrected chi connectivity index (χ3v) is 3.14. The minimum atomic E-state index is -4.38. The van der Waals surface area contributed by atoms with Crippen LogP contribution in [0.4, 0.5) is 13.2 Å². The number of alkyl halides is 3. The summed E-state index contributed by atoms with van der Waals surface area (Å²) < 4.78 is 37.8. The summed E-state index contributed by atoms with van der Waals surface area (Å²) >= 11 is 0. The van der Waals surface area contributed by atoms with Gasteiger partial charge in [0, 0.05) is 12.6 Å². The second-order valence-corrected chi connectivity index (χ2v) is 4.82. The number of halogens is 3. The lowest BCUT2D eigenvalue weighted by Gasteiger charge is -2.27. The van der Waals surface area contributed by atoms with Crippen LogP contribution in [0.1, 0.15) is 38.0 Å². The number of aliphatic hydroxyl groups is 1. The molecular weight excluding hydrogens is 255 g/mol. The lowest BCUT2D eigenvalue weighted by molar-refractivity contribution is -0.137. The highest BCUT2D eigenvalue weighted by Gasteiger charge is 2.31. The average molecular weight is 275 g/mol. The van der Waals surface area contributed by atoms with Gasteiger partial charge in [0.1, 0.15) is 0 Å². The Morgan fingerprint density at radius 3 is 2.37 bits per heavy atom. The SMILES string of the molecule is CCN(CC(O)c1cccc(C(F)(F)F)c1)C(C)C. The molecule has 0 fully saturated rings. The van der Waals surface area contributed by atoms with Gasteiger partial charge in [-0.2, -0.15) is 13.2 Å². The van der Waals surface area contributed by atoms with E-state index in [1.165, 1.54) is 12.1 Å². The van der Waals surface area contributed by atoms with E-state index in [-0.39, 0.29) is 6.04 Å². The highest BCUT2D eigenvalue weighted by atomic mass is 19.4. The highest BCUT2D eigenvalue weighted by Crippen LogP contribution is 2.30. The van der Waals surface area contributed by atoms with E-state index in [1.54, 1.807) is 0 Å². The Balaban J connectivity index is 2.85. The normalized spacial score (nSPS) is 14.2. The molecule has 0 aliphatic carbocycles. The van der Waals surface area contributed by atoms with Crippen molar-refractivity contribution < 1.29 is 18.3 Å². The Bertz CT molecular complexity index is 404. The first-order chi connectivity index (χ1) is 8.75. The molecule has 0 aromatic heterocycles. The third-order valence-electron chi connectivity index (χ3n) is 3.14. The molecule has 1 N–H and O–H groups in total. The number of benzene rings is 1. The molecule has 0 amide bonds. The van der Waals surface area contributed by atoms with Crippen molar-refractivity contribution >= 4 is 0 Å². The molecule has 5 heteroatoms. The molecule has 2 nitrogen and oxygen atoms in total. The molecule has 0 heterocycles. The first kappa shape index (κ1) is 16.0. The van der Waals surface area contributed by atoms with E-state index in [0.717, 1.165) is 18.7 Å². The molecule has 0 saturated heterocycles. The van der Waals surface area contributed by atoms with E-state index in [1.807, 2.05) is 25.7 Å². The van der Waals surface area contributed by atoms with Gasteiger partial charge in [-0.15, -0.1) is 0 Å². The summed E-state index contributed by atoms with van der Waals surface area (Å²) in [4.78, 5) is 2.00. The maximum Gasteiger partial charge on any atom is 0.416 e. The predicted octanol–water partition coefficient (Wildman–Crippen LogP) is 3.47. The number of hydrogen-bond acceptors (Lipinski definition) is 2. The molecule has 108 valence electrons. The molecule has 0 spiro atoms. The molecule has 1 rings (SSSR count). The van der Waals surface area contributed by atoms with Gasteiger partial charge in [0.15, 0.2) is 0 Å². The van der Waals surface area contributed by atoms with Crippen LogP contribution in [0.3, 0.4) is 0 Å². The van der Waals surface area contributed by atoms with Gasteiger partial charge in [-0.3, -0.25) is 4.90 Å². The monoisotopic (exact) mass is 275 g/mol. The van der Waals surface area contributed by atoms with Crippen LogP contribution in [0.2, 0.25) is 0 Å². The molecule has 0 bridgehead atoms. The Hall–Kier alpha value is -1.07. The summed E-state index contributed by atoms with van der Waals surface area (Å²) in [6, 6.07) is 5.11. The van der Waals surface area contributed by atoms with Crippen LogP contribution in [0.25, 0.3) is 0 Å². The van der Waals surface area contributed by atoms with Crippen LogP contribution in [0.5, 0.6) is 0 Å². The fourth-order valence-electron chi connectivity index (χ4n) is 1.95. The van der Waals surface area contributed by atoms with Crippen molar-refractivity contribution in [3.05, 3.63) is 35.4 Å². The summed E-state index contributed by atoms with van der Waals surface area (Å²) in [5, 5.41) is 10.1. The zero-order valence-electron chi connectivity index (χ0n) is 11.4. The molecule has 1 atom stereocenters. The second kappa shape index (κ2) is 6.39. The molecule has 19 heavy (non-hydrogen) atoms. The van der Waals surface area contributed by atoms with Crippen LogP contribution >= 0.6 is 0 Å². The van der Waals surface area contributed by atoms with Gasteiger partial charge in [0.2, 0.25) is 0 Å². The summed E-state index contributed by atoms with van der Waals surface area (Å²) in [6.07, 6.45) is -5.29. The van der Waals surface area contributed by atoms with E-state index in [0.29, 0.717) is 12.1 Å². The summed E-state index contributed by atoms with van der Waals surface area (Å²) in [5.41, 5.74) is -0.425. The van der Waals surface area contributed by atoms with Gasteiger partial charge >= 0.3 is 6.18 Å². The van der Waals surface area contributed by atoms with Crippen molar-refractivity contribution in [3.63, 3.8) is 0 Å². The number of hydrogen-bond donors (Lipinski definition) is 1. The molecule has 0 aliphatic heterocycles. The Morgan fingerprint density at radius 2 is 1.89 bits per heavy atom. The standard InChI is InChI=1S/C14H20F3NO/c1-4-18(10(2)3)9-13(19)11-6-5-7-12(8-11)14(15,16)17/h5-8,10,13,19H,4,9H2,1-3H3. The lowest BCUT2D eigenvalue weighted by atomic mass is 10.0. The molecule has 0 saturated carbocycles. The summed E-state index contributed by atoms with van der Waals surface area (Å²) in [7, 11) is 0. The Labute approximate surface area is 111 Å². The number of rotatable bonds is 5. The van der Waals surface area contributed by atoms with Gasteiger partial charge < -0.3 is 5.11 Å². The molecule has 1 aromatic carbocycles. The van der Waals surface area contributed by atoms with Gasteiger partial charge in [-0.05, 0) is 38.1 Å². The average Bonchev–Trinajstić information content (AvgIpc) is 2.34. The molecule has 0 radical (unpaired) electrons. The fourth-order valence-corrected chi connectivity index (χ4v) is 1.95. The highest BCUT2D eigenvalue weighted by molar-refractivity contribution is 5.27. The van der Waals surface area contributed by atoms with Gasteiger partial charge in [-0.25, -0.2) is 0 Å². The maximum atomic E-state index is 12.6. The summed E-state index contributed by atoms with van der Waals surface area (Å²) in [6.45, 7) is 7.01. The topological polar surface area (TPSA) is 23.5 Å². The van der Waals surface area contributed by atoms with Crippen LogP contribution in [0, 0.1) is 0 Å². The smallest absolute Gasteiger partial charge is 0.387 e. The fraction of sp³-hybridized carbons (Fsp3) is 0.571. The quantitative estimate of drug-likeness (QED) is 0.889. The predicted molar refractivity (Wildman–Crippen MR) is 68.8 cm³/mol. The largest absolute Gasteiger partial charge is 0.416 e. The van der Waals surface area contributed by atoms with E-state index >= 15 is 0 Å². The van der Waals surface area contributed by atoms with E-state index in [9.17, 15) is 18.3 Å². The molecular formula is C14H20F3NO. The van der Waals surface area contributed by atoms with Crippen LogP contribution < -0.4 is 0 Å². The number of nitrogens with zero attached hydrogens (tertiary/aromatic N) is 1. The van der Waals surface area contributed by atoms with E-state index in [4.69, 9.17) is 0 Å². The van der Waals surface area contributed by atoms with Crippen LogP contribution in [-0.4, -0.2) is 29.1 Å². The zero-order valence-corrected chi connectivity index (χ0v) is 11.4. The van der Waals surface area contributed by atoms with E-state index < -0.39 is 17.8 Å². The first-order valence-corrected chi connectivity index (χ1v) is 6.35. The van der Waals surface area contributed by atoms with Gasteiger partial charge in [-0.1, -0.05) is 19.1 Å². The molecule has 1 aromatic rings. The van der Waals surface area contributed by atoms with Crippen molar-refractivity contribution in [2.24, 2.45) is 0 Å². The van der Waals surface area contributed by atoms with Crippen molar-refractivity contribution in [2.75, 3.05) is 13.1 Å². The Morgan fingerprint density at radius 1 is 1.26 bits per heavy atom. The zero-order chi connectivity index (χ0) is 14.6. The van der Waals surface area contributed by atoms with Crippen LogP contribution in [0.15, 0.2) is 24.3 Å². The van der Waals surface area contributed by atoms with Crippen molar-refractivity contribution in [1.82, 2.24) is 4.90 Å². The van der Waals surface area contributed by atoms with Crippen LogP contribution in [-0.2, 0) is 6.18 Å². The number of aliphatic hydroxyl groups excluding tert-OH is 1. The minimum absolute atomic E-state index is 0.241. The third kappa shape index (κ3) is 4.51. The molecule has 0 aliphatic rings. The van der Waals surface area contributed by atoms with Gasteiger partial charge in [0.05, 0.1) is 11.7 Å². The Kier molecular flexibility index (Phi) is 5.38. The van der Waals surface area contributed by atoms with Crippen molar-refractivity contribution in [3.8, 4) is 0 Å². The summed E-state index contributed by atoms with van der Waals surface area (Å²) in [5.74, 6) is 0. The van der Waals surface area contributed by atoms with Gasteiger partial charge in [0.25, 0.3) is 0 Å². The second-order valence-electron chi connectivity index (χ2n) is 4.82.